The van der Waals surface area contributed by atoms with Crippen molar-refractivity contribution in [3.63, 3.8) is 0 Å². The van der Waals surface area contributed by atoms with Crippen molar-refractivity contribution in [1.29, 1.82) is 0 Å². The molecule has 1 fully saturated rings. The summed E-state index contributed by atoms with van der Waals surface area (Å²) in [7, 11) is 1.78. The molecule has 2 rings (SSSR count). The Labute approximate surface area is 192 Å². The van der Waals surface area contributed by atoms with Crippen LogP contribution in [0.4, 0.5) is 0 Å². The van der Waals surface area contributed by atoms with Gasteiger partial charge < -0.3 is 20.7 Å². The number of carbonyl (C=O) groups is 1. The van der Waals surface area contributed by atoms with Crippen molar-refractivity contribution >= 4 is 35.8 Å². The third-order valence-electron chi connectivity index (χ3n) is 5.01. The number of aryl methyl sites for hydroxylation is 1. The summed E-state index contributed by atoms with van der Waals surface area (Å²) in [4.78, 5) is 16.6. The molecule has 0 heterocycles. The van der Waals surface area contributed by atoms with Crippen molar-refractivity contribution in [2.75, 3.05) is 20.2 Å². The molecule has 29 heavy (non-hydrogen) atoms. The number of rotatable bonds is 8. The van der Waals surface area contributed by atoms with Crippen molar-refractivity contribution < 1.29 is 9.53 Å². The summed E-state index contributed by atoms with van der Waals surface area (Å²) in [6.07, 6.45) is 4.85. The van der Waals surface area contributed by atoms with E-state index < -0.39 is 0 Å². The average Bonchev–Trinajstić information content (AvgIpc) is 2.68. The third kappa shape index (κ3) is 9.23. The van der Waals surface area contributed by atoms with Crippen molar-refractivity contribution in [2.45, 2.75) is 65.0 Å². The van der Waals surface area contributed by atoms with Crippen LogP contribution >= 0.6 is 24.0 Å². The van der Waals surface area contributed by atoms with Gasteiger partial charge in [-0.15, -0.1) is 24.0 Å². The highest BCUT2D eigenvalue weighted by Gasteiger charge is 2.27. The Bertz CT molecular complexity index is 651. The summed E-state index contributed by atoms with van der Waals surface area (Å²) in [5.41, 5.74) is 1.15. The second kappa shape index (κ2) is 13.7. The molecule has 164 valence electrons. The lowest BCUT2D eigenvalue weighted by atomic mass is 9.85. The maximum Gasteiger partial charge on any atom is 0.223 e. The van der Waals surface area contributed by atoms with Gasteiger partial charge in [-0.3, -0.25) is 9.79 Å². The summed E-state index contributed by atoms with van der Waals surface area (Å²) >= 11 is 0. The van der Waals surface area contributed by atoms with Gasteiger partial charge in [0, 0.05) is 31.6 Å². The Morgan fingerprint density at radius 3 is 2.72 bits per heavy atom. The molecule has 2 atom stereocenters. The highest BCUT2D eigenvalue weighted by Crippen LogP contribution is 2.24. The van der Waals surface area contributed by atoms with Crippen LogP contribution in [0.3, 0.4) is 0 Å². The van der Waals surface area contributed by atoms with E-state index in [2.05, 4.69) is 33.9 Å². The molecule has 0 bridgehead atoms. The lowest BCUT2D eigenvalue weighted by molar-refractivity contribution is -0.126. The van der Waals surface area contributed by atoms with Crippen LogP contribution < -0.4 is 20.7 Å². The Morgan fingerprint density at radius 1 is 1.28 bits per heavy atom. The zero-order chi connectivity index (χ0) is 20.4. The molecule has 7 heteroatoms. The number of hydrogen-bond donors (Lipinski definition) is 3. The Kier molecular flexibility index (Phi) is 12.0. The van der Waals surface area contributed by atoms with E-state index in [0.29, 0.717) is 6.61 Å². The van der Waals surface area contributed by atoms with Crippen LogP contribution in [-0.2, 0) is 4.79 Å². The summed E-state index contributed by atoms with van der Waals surface area (Å²) in [6.45, 7) is 7.51. The van der Waals surface area contributed by atoms with Gasteiger partial charge in [-0.25, -0.2) is 0 Å². The predicted octanol–water partition coefficient (Wildman–Crippen LogP) is 3.63. The zero-order valence-electron chi connectivity index (χ0n) is 18.2. The number of hydrogen-bond acceptors (Lipinski definition) is 3. The SMILES string of the molecule is CN=C(NCCCOc1ccccc1C)NC1CCCC(C(=O)NC(C)C)C1.I. The highest BCUT2D eigenvalue weighted by atomic mass is 127. The Morgan fingerprint density at radius 2 is 2.03 bits per heavy atom. The first kappa shape index (κ1) is 25.5. The molecule has 1 saturated carbocycles. The van der Waals surface area contributed by atoms with Crippen molar-refractivity contribution in [3.8, 4) is 5.75 Å². The molecule has 3 N–H and O–H groups in total. The van der Waals surface area contributed by atoms with Crippen LogP contribution in [-0.4, -0.2) is 44.1 Å². The number of nitrogens with one attached hydrogen (secondary N) is 3. The summed E-state index contributed by atoms with van der Waals surface area (Å²) in [5, 5.41) is 9.87. The molecule has 1 aromatic carbocycles. The van der Waals surface area contributed by atoms with Crippen LogP contribution in [0.5, 0.6) is 5.75 Å². The molecule has 1 aromatic rings. The van der Waals surface area contributed by atoms with Crippen molar-refractivity contribution in [1.82, 2.24) is 16.0 Å². The van der Waals surface area contributed by atoms with Gasteiger partial charge in [0.1, 0.15) is 5.75 Å². The van der Waals surface area contributed by atoms with Gasteiger partial charge in [-0.05, 0) is 58.1 Å². The standard InChI is InChI=1S/C22H36N4O2.HI/c1-16(2)25-21(27)18-10-7-11-19(15-18)26-22(23-4)24-13-8-14-28-20-12-6-5-9-17(20)3;/h5-6,9,12,16,18-19H,7-8,10-11,13-15H2,1-4H3,(H,25,27)(H2,23,24,26);1H. The van der Waals surface area contributed by atoms with Gasteiger partial charge in [-0.2, -0.15) is 0 Å². The number of guanidine groups is 1. The van der Waals surface area contributed by atoms with Gasteiger partial charge in [0.2, 0.25) is 5.91 Å². The molecular weight excluding hydrogens is 479 g/mol. The molecule has 6 nitrogen and oxygen atoms in total. The lowest BCUT2D eigenvalue weighted by Crippen LogP contribution is -2.47. The number of halogens is 1. The first-order chi connectivity index (χ1) is 13.5. The van der Waals surface area contributed by atoms with Crippen LogP contribution in [0.25, 0.3) is 0 Å². The minimum atomic E-state index is 0. The fourth-order valence-corrected chi connectivity index (χ4v) is 3.53. The van der Waals surface area contributed by atoms with E-state index in [4.69, 9.17) is 4.74 Å². The van der Waals surface area contributed by atoms with Gasteiger partial charge in [0.25, 0.3) is 0 Å². The minimum absolute atomic E-state index is 0. The molecular formula is C22H37IN4O2. The zero-order valence-corrected chi connectivity index (χ0v) is 20.5. The number of carbonyl (C=O) groups excluding carboxylic acids is 1. The van der Waals surface area contributed by atoms with E-state index >= 15 is 0 Å². The minimum Gasteiger partial charge on any atom is -0.493 e. The molecule has 1 amide bonds. The Balaban J connectivity index is 0.00000420. The number of nitrogens with zero attached hydrogens (tertiary/aromatic N) is 1. The first-order valence-corrected chi connectivity index (χ1v) is 10.5. The molecule has 0 spiro atoms. The molecule has 0 aliphatic heterocycles. The quantitative estimate of drug-likeness (QED) is 0.214. The predicted molar refractivity (Wildman–Crippen MR) is 130 cm³/mol. The lowest BCUT2D eigenvalue weighted by Gasteiger charge is -2.30. The van der Waals surface area contributed by atoms with Crippen LogP contribution in [0.2, 0.25) is 0 Å². The average molecular weight is 516 g/mol. The van der Waals surface area contributed by atoms with Crippen LogP contribution in [0.1, 0.15) is 51.5 Å². The van der Waals surface area contributed by atoms with E-state index in [1.165, 1.54) is 0 Å². The number of para-hydroxylation sites is 1. The van der Waals surface area contributed by atoms with E-state index in [0.717, 1.165) is 55.9 Å². The summed E-state index contributed by atoms with van der Waals surface area (Å²) in [6, 6.07) is 8.53. The second-order valence-corrected chi connectivity index (χ2v) is 7.83. The molecule has 1 aliphatic carbocycles. The Hall–Kier alpha value is -1.51. The number of amides is 1. The molecule has 0 saturated heterocycles. The highest BCUT2D eigenvalue weighted by molar-refractivity contribution is 14.0. The molecule has 1 aliphatic rings. The van der Waals surface area contributed by atoms with Crippen molar-refractivity contribution in [3.05, 3.63) is 29.8 Å². The van der Waals surface area contributed by atoms with E-state index in [1.807, 2.05) is 32.0 Å². The summed E-state index contributed by atoms with van der Waals surface area (Å²) in [5.74, 6) is 2.01. The van der Waals surface area contributed by atoms with Gasteiger partial charge >= 0.3 is 0 Å². The monoisotopic (exact) mass is 516 g/mol. The number of aliphatic imine (C=N–C) groups is 1. The van der Waals surface area contributed by atoms with Crippen molar-refractivity contribution in [2.24, 2.45) is 10.9 Å². The van der Waals surface area contributed by atoms with Gasteiger partial charge in [-0.1, -0.05) is 24.6 Å². The summed E-state index contributed by atoms with van der Waals surface area (Å²) < 4.78 is 5.83. The van der Waals surface area contributed by atoms with E-state index in [1.54, 1.807) is 7.05 Å². The first-order valence-electron chi connectivity index (χ1n) is 10.5. The van der Waals surface area contributed by atoms with E-state index in [-0.39, 0.29) is 47.9 Å². The maximum absolute atomic E-state index is 12.3. The van der Waals surface area contributed by atoms with Gasteiger partial charge in [0.05, 0.1) is 6.61 Å². The normalized spacial score (nSPS) is 19.3. The largest absolute Gasteiger partial charge is 0.493 e. The smallest absolute Gasteiger partial charge is 0.223 e. The molecule has 0 radical (unpaired) electrons. The van der Waals surface area contributed by atoms with Crippen LogP contribution in [0.15, 0.2) is 29.3 Å². The molecule has 2 unspecified atom stereocenters. The molecule has 0 aromatic heterocycles. The second-order valence-electron chi connectivity index (χ2n) is 7.83. The topological polar surface area (TPSA) is 74.8 Å². The fraction of sp³-hybridized carbons (Fsp3) is 0.636. The van der Waals surface area contributed by atoms with Crippen LogP contribution in [0, 0.1) is 12.8 Å². The number of benzene rings is 1. The third-order valence-corrected chi connectivity index (χ3v) is 5.01. The fourth-order valence-electron chi connectivity index (χ4n) is 3.53. The van der Waals surface area contributed by atoms with Gasteiger partial charge in [0.15, 0.2) is 5.96 Å². The number of ether oxygens (including phenoxy) is 1. The maximum atomic E-state index is 12.3. The van der Waals surface area contributed by atoms with E-state index in [9.17, 15) is 4.79 Å².